The number of sulfone groups is 1. The molecule has 6 nitrogen and oxygen atoms in total. The lowest BCUT2D eigenvalue weighted by Crippen LogP contribution is -2.32. The molecule has 4 aromatic rings. The van der Waals surface area contributed by atoms with Gasteiger partial charge in [0.15, 0.2) is 0 Å². The van der Waals surface area contributed by atoms with Crippen molar-refractivity contribution in [1.29, 1.82) is 0 Å². The molecule has 1 amide bonds. The topological polar surface area (TPSA) is 72.3 Å². The molecule has 186 valence electrons. The third-order valence-corrected chi connectivity index (χ3v) is 7.64. The van der Waals surface area contributed by atoms with E-state index in [1.54, 1.807) is 21.6 Å². The average Bonchev–Trinajstić information content (AvgIpc) is 3.27. The summed E-state index contributed by atoms with van der Waals surface area (Å²) in [4.78, 5) is 19.2. The third-order valence-electron chi connectivity index (χ3n) is 6.06. The summed E-state index contributed by atoms with van der Waals surface area (Å²) in [6.45, 7) is 4.62. The molecule has 1 heterocycles. The summed E-state index contributed by atoms with van der Waals surface area (Å²) in [5.74, 6) is -1.23. The minimum atomic E-state index is -3.98. The molecule has 36 heavy (non-hydrogen) atoms. The van der Waals surface area contributed by atoms with Crippen LogP contribution in [0.15, 0.2) is 90.2 Å². The van der Waals surface area contributed by atoms with Gasteiger partial charge in [-0.15, -0.1) is 0 Å². The average molecular weight is 506 g/mol. The van der Waals surface area contributed by atoms with E-state index >= 15 is 0 Å². The number of halogens is 1. The van der Waals surface area contributed by atoms with Crippen molar-refractivity contribution in [3.05, 3.63) is 119 Å². The first kappa shape index (κ1) is 25.3. The van der Waals surface area contributed by atoms with Crippen molar-refractivity contribution in [2.45, 2.75) is 37.8 Å². The van der Waals surface area contributed by atoms with Crippen molar-refractivity contribution in [3.63, 3.8) is 0 Å². The molecule has 0 aliphatic heterocycles. The zero-order chi connectivity index (χ0) is 25.7. The van der Waals surface area contributed by atoms with Gasteiger partial charge in [-0.1, -0.05) is 66.7 Å². The molecule has 0 saturated heterocycles. The summed E-state index contributed by atoms with van der Waals surface area (Å²) in [6.07, 6.45) is 1.49. The van der Waals surface area contributed by atoms with Crippen LogP contribution in [0.2, 0.25) is 0 Å². The van der Waals surface area contributed by atoms with Crippen molar-refractivity contribution in [3.8, 4) is 0 Å². The van der Waals surface area contributed by atoms with Crippen molar-refractivity contribution < 1.29 is 17.6 Å². The predicted octanol–water partition coefficient (Wildman–Crippen LogP) is 5.02. The second-order valence-corrected chi connectivity index (χ2v) is 10.5. The quantitative estimate of drug-likeness (QED) is 0.320. The molecule has 8 heteroatoms. The number of aromatic nitrogens is 2. The second-order valence-electron chi connectivity index (χ2n) is 8.59. The van der Waals surface area contributed by atoms with Gasteiger partial charge < -0.3 is 9.47 Å². The maximum absolute atomic E-state index is 14.3. The predicted molar refractivity (Wildman–Crippen MR) is 137 cm³/mol. The van der Waals surface area contributed by atoms with E-state index in [2.05, 4.69) is 4.98 Å². The lowest BCUT2D eigenvalue weighted by atomic mass is 10.1. The Kier molecular flexibility index (Phi) is 7.64. The SMILES string of the molecule is CCN(Cc1cnc(S(=O)(=O)Cc2ccccc2F)n1Cc1ccccc1)C(=O)c1ccccc1C. The van der Waals surface area contributed by atoms with E-state index in [0.29, 0.717) is 17.8 Å². The summed E-state index contributed by atoms with van der Waals surface area (Å²) >= 11 is 0. The fourth-order valence-corrected chi connectivity index (χ4v) is 5.60. The Bertz CT molecular complexity index is 1470. The number of hydrogen-bond donors (Lipinski definition) is 0. The normalized spacial score (nSPS) is 11.4. The van der Waals surface area contributed by atoms with Crippen molar-refractivity contribution in [2.24, 2.45) is 0 Å². The van der Waals surface area contributed by atoms with E-state index in [4.69, 9.17) is 0 Å². The molecule has 1 aromatic heterocycles. The molecule has 0 bridgehead atoms. The molecular formula is C28H28FN3O3S. The van der Waals surface area contributed by atoms with Crippen LogP contribution in [-0.2, 0) is 28.7 Å². The van der Waals surface area contributed by atoms with Gasteiger partial charge >= 0.3 is 0 Å². The van der Waals surface area contributed by atoms with Crippen LogP contribution in [0.25, 0.3) is 0 Å². The number of rotatable bonds is 9. The van der Waals surface area contributed by atoms with Crippen LogP contribution in [0.3, 0.4) is 0 Å². The van der Waals surface area contributed by atoms with Gasteiger partial charge in [-0.3, -0.25) is 4.79 Å². The fourth-order valence-electron chi connectivity index (χ4n) is 4.09. The number of nitrogens with zero attached hydrogens (tertiary/aromatic N) is 3. The fraction of sp³-hybridized carbons (Fsp3) is 0.214. The first-order chi connectivity index (χ1) is 17.3. The maximum atomic E-state index is 14.3. The number of imidazole rings is 1. The second kappa shape index (κ2) is 10.9. The van der Waals surface area contributed by atoms with Gasteiger partial charge in [0.1, 0.15) is 5.82 Å². The Labute approximate surface area is 211 Å². The van der Waals surface area contributed by atoms with Gasteiger partial charge in [0.05, 0.1) is 30.7 Å². The number of carbonyl (C=O) groups excluding carboxylic acids is 1. The van der Waals surface area contributed by atoms with Crippen LogP contribution in [-0.4, -0.2) is 35.3 Å². The molecule has 0 spiro atoms. The summed E-state index contributed by atoms with van der Waals surface area (Å²) in [5, 5.41) is -0.149. The zero-order valence-corrected chi connectivity index (χ0v) is 21.1. The highest BCUT2D eigenvalue weighted by Gasteiger charge is 2.27. The molecule has 0 aliphatic rings. The smallest absolute Gasteiger partial charge is 0.254 e. The molecule has 0 fully saturated rings. The van der Waals surface area contributed by atoms with E-state index in [9.17, 15) is 17.6 Å². The van der Waals surface area contributed by atoms with Crippen LogP contribution in [0.4, 0.5) is 4.39 Å². The first-order valence-corrected chi connectivity index (χ1v) is 13.3. The summed E-state index contributed by atoms with van der Waals surface area (Å²) in [5.41, 5.74) is 3.01. The monoisotopic (exact) mass is 505 g/mol. The molecular weight excluding hydrogens is 477 g/mol. The van der Waals surface area contributed by atoms with E-state index in [0.717, 1.165) is 11.1 Å². The Morgan fingerprint density at radius 3 is 2.33 bits per heavy atom. The van der Waals surface area contributed by atoms with E-state index in [-0.39, 0.29) is 29.7 Å². The minimum Gasteiger partial charge on any atom is -0.333 e. The molecule has 0 atom stereocenters. The summed E-state index contributed by atoms with van der Waals surface area (Å²) < 4.78 is 42.7. The molecule has 3 aromatic carbocycles. The molecule has 0 N–H and O–H groups in total. The first-order valence-electron chi connectivity index (χ1n) is 11.7. The standard InChI is InChI=1S/C28H28FN3O3S/c1-3-31(27(33)25-15-9-7-11-21(25)2)19-24-17-30-28(32(24)18-22-12-5-4-6-13-22)36(34,35)20-23-14-8-10-16-26(23)29/h4-17H,3,18-20H2,1-2H3. The zero-order valence-electron chi connectivity index (χ0n) is 20.3. The molecule has 0 aliphatic carbocycles. The summed E-state index contributed by atoms with van der Waals surface area (Å²) in [7, 11) is -3.98. The number of hydrogen-bond acceptors (Lipinski definition) is 4. The Hall–Kier alpha value is -3.78. The molecule has 0 radical (unpaired) electrons. The molecule has 0 unspecified atom stereocenters. The van der Waals surface area contributed by atoms with Crippen molar-refractivity contribution >= 4 is 15.7 Å². The van der Waals surface area contributed by atoms with Gasteiger partial charge in [0.2, 0.25) is 15.0 Å². The molecule has 0 saturated carbocycles. The van der Waals surface area contributed by atoms with E-state index in [1.165, 1.54) is 24.4 Å². The van der Waals surface area contributed by atoms with Crippen LogP contribution in [0.1, 0.15) is 39.7 Å². The summed E-state index contributed by atoms with van der Waals surface area (Å²) in [6, 6.07) is 22.6. The Balaban J connectivity index is 1.72. The van der Waals surface area contributed by atoms with Gasteiger partial charge in [0.25, 0.3) is 5.91 Å². The Morgan fingerprint density at radius 1 is 0.972 bits per heavy atom. The lowest BCUT2D eigenvalue weighted by Gasteiger charge is -2.23. The highest BCUT2D eigenvalue weighted by Crippen LogP contribution is 2.22. The van der Waals surface area contributed by atoms with Gasteiger partial charge in [-0.2, -0.15) is 0 Å². The highest BCUT2D eigenvalue weighted by molar-refractivity contribution is 7.90. The van der Waals surface area contributed by atoms with E-state index in [1.807, 2.05) is 62.4 Å². The van der Waals surface area contributed by atoms with Crippen LogP contribution in [0, 0.1) is 12.7 Å². The van der Waals surface area contributed by atoms with Crippen molar-refractivity contribution in [2.75, 3.05) is 6.54 Å². The van der Waals surface area contributed by atoms with Crippen molar-refractivity contribution in [1.82, 2.24) is 14.5 Å². The van der Waals surface area contributed by atoms with Crippen LogP contribution >= 0.6 is 0 Å². The number of amides is 1. The van der Waals surface area contributed by atoms with Gasteiger partial charge in [-0.25, -0.2) is 17.8 Å². The lowest BCUT2D eigenvalue weighted by molar-refractivity contribution is 0.0748. The van der Waals surface area contributed by atoms with E-state index < -0.39 is 21.4 Å². The third kappa shape index (κ3) is 5.54. The van der Waals surface area contributed by atoms with Gasteiger partial charge in [0, 0.05) is 17.7 Å². The largest absolute Gasteiger partial charge is 0.333 e. The van der Waals surface area contributed by atoms with Crippen LogP contribution in [0.5, 0.6) is 0 Å². The van der Waals surface area contributed by atoms with Gasteiger partial charge in [-0.05, 0) is 37.1 Å². The molecule has 4 rings (SSSR count). The highest BCUT2D eigenvalue weighted by atomic mass is 32.2. The minimum absolute atomic E-state index is 0.0817. The number of carbonyl (C=O) groups is 1. The van der Waals surface area contributed by atoms with Crippen LogP contribution < -0.4 is 0 Å². The Morgan fingerprint density at radius 2 is 1.64 bits per heavy atom. The maximum Gasteiger partial charge on any atom is 0.254 e. The number of benzene rings is 3. The number of aryl methyl sites for hydroxylation is 1.